The van der Waals surface area contributed by atoms with Crippen molar-refractivity contribution in [1.29, 1.82) is 0 Å². The summed E-state index contributed by atoms with van der Waals surface area (Å²) in [6.45, 7) is 4.83. The molecule has 2 rings (SSSR count). The zero-order chi connectivity index (χ0) is 22.1. The second-order valence-electron chi connectivity index (χ2n) is 7.39. The number of aliphatic imine (C=N–C) groups is 1. The third-order valence-electron chi connectivity index (χ3n) is 4.73. The third-order valence-corrected chi connectivity index (χ3v) is 4.73. The number of nitrogens with zero attached hydrogens (tertiary/aromatic N) is 4. The summed E-state index contributed by atoms with van der Waals surface area (Å²) in [5.74, 6) is -3.71. The number of ether oxygens (including phenoxy) is 1. The highest BCUT2D eigenvalue weighted by atomic mass is 127. The topological polar surface area (TPSA) is 60.4 Å². The van der Waals surface area contributed by atoms with Crippen LogP contribution in [0.2, 0.25) is 0 Å². The zero-order valence-corrected chi connectivity index (χ0v) is 20.5. The molecule has 1 fully saturated rings. The van der Waals surface area contributed by atoms with E-state index in [9.17, 15) is 18.0 Å². The van der Waals surface area contributed by atoms with Gasteiger partial charge in [0.2, 0.25) is 5.91 Å². The van der Waals surface area contributed by atoms with Gasteiger partial charge in [0.25, 0.3) is 0 Å². The van der Waals surface area contributed by atoms with Gasteiger partial charge in [-0.25, -0.2) is 18.2 Å². The molecule has 176 valence electrons. The van der Waals surface area contributed by atoms with Crippen molar-refractivity contribution >= 4 is 35.8 Å². The number of carbonyl (C=O) groups excluding carboxylic acids is 1. The van der Waals surface area contributed by atoms with E-state index in [2.05, 4.69) is 15.2 Å². The van der Waals surface area contributed by atoms with Gasteiger partial charge in [-0.2, -0.15) is 0 Å². The van der Waals surface area contributed by atoms with Gasteiger partial charge in [0.15, 0.2) is 23.4 Å². The minimum atomic E-state index is -1.49. The van der Waals surface area contributed by atoms with Crippen molar-refractivity contribution in [3.63, 3.8) is 0 Å². The van der Waals surface area contributed by atoms with Crippen LogP contribution in [0.25, 0.3) is 0 Å². The maximum absolute atomic E-state index is 13.5. The first-order valence-corrected chi connectivity index (χ1v) is 9.91. The Morgan fingerprint density at radius 1 is 1.16 bits per heavy atom. The molecule has 0 saturated carbocycles. The molecule has 1 aliphatic heterocycles. The predicted octanol–water partition coefficient (Wildman–Crippen LogP) is 1.91. The molecule has 1 saturated heterocycles. The molecular weight excluding hydrogens is 526 g/mol. The summed E-state index contributed by atoms with van der Waals surface area (Å²) in [4.78, 5) is 21.6. The molecule has 0 aliphatic carbocycles. The van der Waals surface area contributed by atoms with Crippen LogP contribution in [-0.4, -0.2) is 93.6 Å². The summed E-state index contributed by atoms with van der Waals surface area (Å²) >= 11 is 0. The molecule has 1 aromatic carbocycles. The predicted molar refractivity (Wildman–Crippen MR) is 124 cm³/mol. The van der Waals surface area contributed by atoms with Gasteiger partial charge in [-0.3, -0.25) is 9.69 Å². The molecular formula is C20H31F3IN5O2. The highest BCUT2D eigenvalue weighted by molar-refractivity contribution is 14.0. The monoisotopic (exact) mass is 557 g/mol. The van der Waals surface area contributed by atoms with E-state index in [1.807, 2.05) is 0 Å². The summed E-state index contributed by atoms with van der Waals surface area (Å²) in [6.07, 6.45) is 0.855. The van der Waals surface area contributed by atoms with Crippen LogP contribution >= 0.6 is 24.0 Å². The van der Waals surface area contributed by atoms with Crippen LogP contribution in [0.4, 0.5) is 13.2 Å². The van der Waals surface area contributed by atoms with E-state index in [-0.39, 0.29) is 48.5 Å². The number of amides is 1. The van der Waals surface area contributed by atoms with Gasteiger partial charge in [0.05, 0.1) is 13.2 Å². The van der Waals surface area contributed by atoms with Crippen molar-refractivity contribution in [2.24, 2.45) is 4.99 Å². The SMILES string of the molecule is CN(C)C(=O)CN=C(NCCCN1CCOCC1)N(C)Cc1cc(F)c(F)c(F)c1.I. The van der Waals surface area contributed by atoms with E-state index in [1.54, 1.807) is 26.0 Å². The fourth-order valence-electron chi connectivity index (χ4n) is 2.97. The van der Waals surface area contributed by atoms with Crippen LogP contribution in [0.15, 0.2) is 17.1 Å². The Kier molecular flexibility index (Phi) is 12.2. The molecule has 7 nitrogen and oxygen atoms in total. The largest absolute Gasteiger partial charge is 0.379 e. The summed E-state index contributed by atoms with van der Waals surface area (Å²) in [5.41, 5.74) is 0.260. The number of likely N-dealkylation sites (N-methyl/N-ethyl adjacent to an activating group) is 1. The third kappa shape index (κ3) is 9.19. The highest BCUT2D eigenvalue weighted by Gasteiger charge is 2.15. The van der Waals surface area contributed by atoms with E-state index < -0.39 is 17.5 Å². The lowest BCUT2D eigenvalue weighted by molar-refractivity contribution is -0.127. The molecule has 1 aliphatic rings. The number of hydrogen-bond acceptors (Lipinski definition) is 4. The Hall–Kier alpha value is -1.60. The minimum Gasteiger partial charge on any atom is -0.379 e. The highest BCUT2D eigenvalue weighted by Crippen LogP contribution is 2.15. The van der Waals surface area contributed by atoms with Crippen molar-refractivity contribution in [2.45, 2.75) is 13.0 Å². The fourth-order valence-corrected chi connectivity index (χ4v) is 2.97. The second kappa shape index (κ2) is 13.7. The molecule has 1 amide bonds. The normalized spacial score (nSPS) is 14.7. The lowest BCUT2D eigenvalue weighted by atomic mass is 10.2. The first-order valence-electron chi connectivity index (χ1n) is 9.91. The standard InChI is InChI=1S/C20H30F3N5O2.HI/c1-26(2)18(29)13-25-20(24-5-4-6-28-7-9-30-10-8-28)27(3)14-15-11-16(21)19(23)17(22)12-15;/h11-12H,4-10,13-14H2,1-3H3,(H,24,25);1H. The molecule has 0 bridgehead atoms. The number of rotatable bonds is 8. The Balaban J connectivity index is 0.00000480. The molecule has 1 heterocycles. The smallest absolute Gasteiger partial charge is 0.243 e. The molecule has 0 spiro atoms. The van der Waals surface area contributed by atoms with E-state index in [4.69, 9.17) is 4.74 Å². The van der Waals surface area contributed by atoms with Crippen LogP contribution < -0.4 is 5.32 Å². The van der Waals surface area contributed by atoms with E-state index in [0.29, 0.717) is 12.5 Å². The Morgan fingerprint density at radius 3 is 2.35 bits per heavy atom. The Labute approximate surface area is 198 Å². The van der Waals surface area contributed by atoms with E-state index in [1.165, 1.54) is 4.90 Å². The first-order chi connectivity index (χ1) is 14.3. The van der Waals surface area contributed by atoms with Crippen molar-refractivity contribution in [1.82, 2.24) is 20.0 Å². The van der Waals surface area contributed by atoms with Gasteiger partial charge in [-0.15, -0.1) is 24.0 Å². The van der Waals surface area contributed by atoms with Crippen molar-refractivity contribution < 1.29 is 22.7 Å². The Morgan fingerprint density at radius 2 is 1.77 bits per heavy atom. The number of carbonyl (C=O) groups is 1. The van der Waals surface area contributed by atoms with Crippen molar-refractivity contribution in [3.05, 3.63) is 35.1 Å². The second-order valence-corrected chi connectivity index (χ2v) is 7.39. The summed E-state index contributed by atoms with van der Waals surface area (Å²) < 4.78 is 45.6. The van der Waals surface area contributed by atoms with Crippen LogP contribution in [0, 0.1) is 17.5 Å². The number of hydrogen-bond donors (Lipinski definition) is 1. The van der Waals surface area contributed by atoms with Crippen LogP contribution in [0.5, 0.6) is 0 Å². The lowest BCUT2D eigenvalue weighted by Crippen LogP contribution is -2.42. The van der Waals surface area contributed by atoms with Gasteiger partial charge in [-0.1, -0.05) is 0 Å². The summed E-state index contributed by atoms with van der Waals surface area (Å²) in [5, 5.41) is 3.20. The van der Waals surface area contributed by atoms with Crippen LogP contribution in [0.1, 0.15) is 12.0 Å². The minimum absolute atomic E-state index is 0. The maximum Gasteiger partial charge on any atom is 0.243 e. The van der Waals surface area contributed by atoms with Gasteiger partial charge >= 0.3 is 0 Å². The average Bonchev–Trinajstić information content (AvgIpc) is 2.71. The molecule has 0 aromatic heterocycles. The first kappa shape index (κ1) is 27.4. The number of guanidine groups is 1. The number of benzene rings is 1. The van der Waals surface area contributed by atoms with Crippen molar-refractivity contribution in [2.75, 3.05) is 67.1 Å². The molecule has 0 radical (unpaired) electrons. The molecule has 11 heteroatoms. The zero-order valence-electron chi connectivity index (χ0n) is 18.2. The van der Waals surface area contributed by atoms with Crippen LogP contribution in [0.3, 0.4) is 0 Å². The number of halogens is 4. The van der Waals surface area contributed by atoms with E-state index >= 15 is 0 Å². The van der Waals surface area contributed by atoms with Gasteiger partial charge < -0.3 is 19.9 Å². The van der Waals surface area contributed by atoms with Gasteiger partial charge in [0.1, 0.15) is 6.54 Å². The molecule has 31 heavy (non-hydrogen) atoms. The van der Waals surface area contributed by atoms with Gasteiger partial charge in [-0.05, 0) is 30.7 Å². The molecule has 0 atom stereocenters. The molecule has 1 N–H and O–H groups in total. The number of morpholine rings is 1. The van der Waals surface area contributed by atoms with Gasteiger partial charge in [0, 0.05) is 47.3 Å². The average molecular weight is 557 g/mol. The Bertz CT molecular complexity index is 723. The fraction of sp³-hybridized carbons (Fsp3) is 0.600. The molecule has 0 unspecified atom stereocenters. The lowest BCUT2D eigenvalue weighted by Gasteiger charge is -2.27. The molecule has 1 aromatic rings. The summed E-state index contributed by atoms with van der Waals surface area (Å²) in [6, 6.07) is 1.91. The summed E-state index contributed by atoms with van der Waals surface area (Å²) in [7, 11) is 4.97. The van der Waals surface area contributed by atoms with Crippen LogP contribution in [-0.2, 0) is 16.1 Å². The maximum atomic E-state index is 13.5. The quantitative estimate of drug-likeness (QED) is 0.174. The van der Waals surface area contributed by atoms with Crippen molar-refractivity contribution in [3.8, 4) is 0 Å². The number of nitrogens with one attached hydrogen (secondary N) is 1. The van der Waals surface area contributed by atoms with E-state index in [0.717, 1.165) is 51.4 Å².